The Kier molecular flexibility index (Phi) is 6.54. The second-order valence-electron chi connectivity index (χ2n) is 9.28. The molecule has 3 fully saturated rings. The number of hydrogen-bond donors (Lipinski definition) is 3. The summed E-state index contributed by atoms with van der Waals surface area (Å²) >= 11 is 0. The van der Waals surface area contributed by atoms with Crippen LogP contribution in [0.25, 0.3) is 0 Å². The van der Waals surface area contributed by atoms with Crippen LogP contribution in [0.1, 0.15) is 64.5 Å². The first-order valence-corrected chi connectivity index (χ1v) is 11.6. The molecule has 2 saturated carbocycles. The molecule has 3 N–H and O–H groups in total. The van der Waals surface area contributed by atoms with Crippen molar-refractivity contribution in [3.05, 3.63) is 29.8 Å². The van der Waals surface area contributed by atoms with Crippen LogP contribution in [0, 0.1) is 11.3 Å². The van der Waals surface area contributed by atoms with Gasteiger partial charge in [-0.2, -0.15) is 0 Å². The van der Waals surface area contributed by atoms with E-state index >= 15 is 0 Å². The Morgan fingerprint density at radius 2 is 2.13 bits per heavy atom. The van der Waals surface area contributed by atoms with Gasteiger partial charge in [0.2, 0.25) is 0 Å². The first-order valence-electron chi connectivity index (χ1n) is 11.6. The summed E-state index contributed by atoms with van der Waals surface area (Å²) in [5.74, 6) is 2.16. The number of benzene rings is 1. The molecule has 30 heavy (non-hydrogen) atoms. The molecule has 6 heteroatoms. The average molecular weight is 416 g/mol. The zero-order valence-electron chi connectivity index (χ0n) is 18.6. The lowest BCUT2D eigenvalue weighted by Crippen LogP contribution is -2.69. The number of rotatable bonds is 7. The monoisotopic (exact) mass is 415 g/mol. The van der Waals surface area contributed by atoms with Crippen LogP contribution in [-0.4, -0.2) is 49.0 Å². The van der Waals surface area contributed by atoms with Crippen molar-refractivity contribution in [2.75, 3.05) is 19.7 Å². The van der Waals surface area contributed by atoms with Gasteiger partial charge in [-0.15, -0.1) is 0 Å². The van der Waals surface area contributed by atoms with E-state index in [1.165, 1.54) is 25.7 Å². The third-order valence-corrected chi connectivity index (χ3v) is 6.96. The number of aliphatic imine (C=N–C) groups is 1. The van der Waals surface area contributed by atoms with Crippen LogP contribution < -0.4 is 15.4 Å². The van der Waals surface area contributed by atoms with E-state index in [9.17, 15) is 5.11 Å². The van der Waals surface area contributed by atoms with Crippen molar-refractivity contribution < 1.29 is 14.6 Å². The third-order valence-electron chi connectivity index (χ3n) is 6.96. The zero-order valence-corrected chi connectivity index (χ0v) is 18.6. The van der Waals surface area contributed by atoms with Crippen LogP contribution in [0.15, 0.2) is 29.3 Å². The standard InChI is InChI=1S/C24H37N3O3/c1-4-25-23(26-15-20(28)17-8-7-9-18(14-17)30-16(2)3)27-21-19-10-13-29-22(19)24(21)11-5-6-12-24/h7-9,14,16,19-22,28H,4-6,10-13,15H2,1-3H3,(H2,25,26,27). The highest BCUT2D eigenvalue weighted by Crippen LogP contribution is 2.60. The fourth-order valence-corrected chi connectivity index (χ4v) is 5.72. The molecule has 1 aromatic rings. The fourth-order valence-electron chi connectivity index (χ4n) is 5.72. The second kappa shape index (κ2) is 9.15. The Morgan fingerprint density at radius 3 is 2.87 bits per heavy atom. The Morgan fingerprint density at radius 1 is 1.33 bits per heavy atom. The lowest BCUT2D eigenvalue weighted by atomic mass is 9.54. The van der Waals surface area contributed by atoms with E-state index in [1.807, 2.05) is 38.1 Å². The van der Waals surface area contributed by atoms with Crippen LogP contribution >= 0.6 is 0 Å². The predicted octanol–water partition coefficient (Wildman–Crippen LogP) is 3.41. The van der Waals surface area contributed by atoms with Crippen molar-refractivity contribution in [3.63, 3.8) is 0 Å². The molecule has 4 atom stereocenters. The van der Waals surface area contributed by atoms with Gasteiger partial charge in [0.25, 0.3) is 0 Å². The van der Waals surface area contributed by atoms with Gasteiger partial charge in [0.05, 0.1) is 24.9 Å². The van der Waals surface area contributed by atoms with Crippen molar-refractivity contribution in [1.29, 1.82) is 0 Å². The third kappa shape index (κ3) is 4.17. The van der Waals surface area contributed by atoms with Gasteiger partial charge in [0.1, 0.15) is 5.75 Å². The quantitative estimate of drug-likeness (QED) is 0.470. The predicted molar refractivity (Wildman–Crippen MR) is 119 cm³/mol. The molecule has 2 aliphatic carbocycles. The zero-order chi connectivity index (χ0) is 21.1. The number of nitrogens with one attached hydrogen (secondary N) is 2. The highest BCUT2D eigenvalue weighted by molar-refractivity contribution is 5.80. The largest absolute Gasteiger partial charge is 0.491 e. The highest BCUT2D eigenvalue weighted by Gasteiger charge is 2.65. The number of fused-ring (bicyclic) bond motifs is 2. The average Bonchev–Trinajstić information content (AvgIpc) is 3.38. The van der Waals surface area contributed by atoms with Crippen molar-refractivity contribution in [1.82, 2.24) is 10.6 Å². The van der Waals surface area contributed by atoms with Crippen LogP contribution in [0.3, 0.4) is 0 Å². The number of nitrogens with zero attached hydrogens (tertiary/aromatic N) is 1. The van der Waals surface area contributed by atoms with Crippen LogP contribution in [0.5, 0.6) is 5.75 Å². The minimum atomic E-state index is -0.666. The van der Waals surface area contributed by atoms with E-state index in [0.717, 1.165) is 36.8 Å². The van der Waals surface area contributed by atoms with Gasteiger partial charge < -0.3 is 25.2 Å². The van der Waals surface area contributed by atoms with Gasteiger partial charge in [-0.05, 0) is 57.7 Å². The molecule has 1 spiro atoms. The second-order valence-corrected chi connectivity index (χ2v) is 9.28. The molecule has 1 saturated heterocycles. The summed E-state index contributed by atoms with van der Waals surface area (Å²) < 4.78 is 11.9. The van der Waals surface area contributed by atoms with Crippen LogP contribution in [0.4, 0.5) is 0 Å². The van der Waals surface area contributed by atoms with Crippen molar-refractivity contribution in [2.24, 2.45) is 16.3 Å². The van der Waals surface area contributed by atoms with Gasteiger partial charge in [0.15, 0.2) is 5.96 Å². The minimum Gasteiger partial charge on any atom is -0.491 e. The molecule has 1 aromatic carbocycles. The number of aliphatic hydroxyl groups excluding tert-OH is 1. The summed E-state index contributed by atoms with van der Waals surface area (Å²) in [5.41, 5.74) is 1.10. The fraction of sp³-hybridized carbons (Fsp3) is 0.708. The summed E-state index contributed by atoms with van der Waals surface area (Å²) in [7, 11) is 0. The lowest BCUT2D eigenvalue weighted by Gasteiger charge is -2.57. The summed E-state index contributed by atoms with van der Waals surface area (Å²) in [6, 6.07) is 8.09. The maximum Gasteiger partial charge on any atom is 0.191 e. The summed E-state index contributed by atoms with van der Waals surface area (Å²) in [5, 5.41) is 17.8. The molecule has 1 aliphatic heterocycles. The highest BCUT2D eigenvalue weighted by atomic mass is 16.5. The van der Waals surface area contributed by atoms with Crippen molar-refractivity contribution >= 4 is 5.96 Å². The molecular formula is C24H37N3O3. The molecule has 0 amide bonds. The van der Waals surface area contributed by atoms with Crippen molar-refractivity contribution in [2.45, 2.75) is 77.2 Å². The van der Waals surface area contributed by atoms with E-state index in [1.54, 1.807) is 0 Å². The molecule has 0 radical (unpaired) electrons. The Balaban J connectivity index is 1.43. The first-order chi connectivity index (χ1) is 14.5. The Labute approximate surface area is 180 Å². The Bertz CT molecular complexity index is 745. The van der Waals surface area contributed by atoms with Crippen LogP contribution in [0.2, 0.25) is 0 Å². The van der Waals surface area contributed by atoms with E-state index in [-0.39, 0.29) is 11.5 Å². The molecule has 1 heterocycles. The van der Waals surface area contributed by atoms with Crippen LogP contribution in [-0.2, 0) is 4.74 Å². The molecular weight excluding hydrogens is 378 g/mol. The molecule has 0 bridgehead atoms. The van der Waals surface area contributed by atoms with Gasteiger partial charge in [0, 0.05) is 30.5 Å². The lowest BCUT2D eigenvalue weighted by molar-refractivity contribution is -0.125. The number of hydrogen-bond acceptors (Lipinski definition) is 4. The van der Waals surface area contributed by atoms with E-state index in [4.69, 9.17) is 14.5 Å². The molecule has 3 aliphatic rings. The maximum atomic E-state index is 10.7. The topological polar surface area (TPSA) is 75.1 Å². The van der Waals surface area contributed by atoms with E-state index in [2.05, 4.69) is 17.6 Å². The summed E-state index contributed by atoms with van der Waals surface area (Å²) in [4.78, 5) is 4.73. The minimum absolute atomic E-state index is 0.105. The van der Waals surface area contributed by atoms with Gasteiger partial charge in [-0.1, -0.05) is 25.0 Å². The molecule has 166 valence electrons. The Hall–Kier alpha value is -1.79. The van der Waals surface area contributed by atoms with Gasteiger partial charge in [-0.25, -0.2) is 0 Å². The molecule has 4 rings (SSSR count). The molecule has 0 aromatic heterocycles. The maximum absolute atomic E-state index is 10.7. The first kappa shape index (κ1) is 21.4. The number of ether oxygens (including phenoxy) is 2. The summed E-state index contributed by atoms with van der Waals surface area (Å²) in [6.45, 7) is 8.07. The van der Waals surface area contributed by atoms with Crippen molar-refractivity contribution in [3.8, 4) is 5.75 Å². The smallest absolute Gasteiger partial charge is 0.191 e. The van der Waals surface area contributed by atoms with Gasteiger partial charge in [-0.3, -0.25) is 4.99 Å². The van der Waals surface area contributed by atoms with Gasteiger partial charge >= 0.3 is 0 Å². The number of guanidine groups is 1. The molecule has 6 nitrogen and oxygen atoms in total. The SMILES string of the molecule is CCNC(=NCC(O)c1cccc(OC(C)C)c1)NC1C2CCOC2C12CCCC2. The normalized spacial score (nSPS) is 28.3. The van der Waals surface area contributed by atoms with E-state index < -0.39 is 6.10 Å². The summed E-state index contributed by atoms with van der Waals surface area (Å²) in [6.07, 6.45) is 6.09. The molecule has 4 unspecified atom stereocenters. The van der Waals surface area contributed by atoms with E-state index in [0.29, 0.717) is 24.6 Å². The number of aliphatic hydroxyl groups is 1.